The van der Waals surface area contributed by atoms with Crippen LogP contribution in [0.15, 0.2) is 12.3 Å². The normalized spacial score (nSPS) is 18.2. The van der Waals surface area contributed by atoms with Gasteiger partial charge in [-0.2, -0.15) is 0 Å². The molecule has 0 aromatic carbocycles. The molecule has 4 nitrogen and oxygen atoms in total. The summed E-state index contributed by atoms with van der Waals surface area (Å²) in [5.74, 6) is -0.831. The molecular formula is C8H7ClN2O2. The van der Waals surface area contributed by atoms with Crippen molar-refractivity contribution >= 4 is 17.6 Å². The first-order valence-electron chi connectivity index (χ1n) is 3.87. The quantitative estimate of drug-likeness (QED) is 0.727. The smallest absolute Gasteiger partial charge is 0.315 e. The van der Waals surface area contributed by atoms with E-state index in [1.54, 1.807) is 6.07 Å². The van der Waals surface area contributed by atoms with Crippen molar-refractivity contribution in [2.45, 2.75) is 18.3 Å². The van der Waals surface area contributed by atoms with Crippen LogP contribution in [-0.4, -0.2) is 21.0 Å². The summed E-state index contributed by atoms with van der Waals surface area (Å²) in [7, 11) is 0. The first-order chi connectivity index (χ1) is 6.15. The van der Waals surface area contributed by atoms with Crippen molar-refractivity contribution in [3.63, 3.8) is 0 Å². The average molecular weight is 199 g/mol. The molecule has 0 saturated heterocycles. The lowest BCUT2D eigenvalue weighted by molar-refractivity contribution is -0.140. The van der Waals surface area contributed by atoms with Crippen LogP contribution in [-0.2, 0) is 10.2 Å². The van der Waals surface area contributed by atoms with Gasteiger partial charge in [0.2, 0.25) is 5.28 Å². The van der Waals surface area contributed by atoms with Crippen LogP contribution in [0.25, 0.3) is 0 Å². The minimum absolute atomic E-state index is 0.102. The number of aromatic nitrogens is 2. The van der Waals surface area contributed by atoms with E-state index in [4.69, 9.17) is 16.7 Å². The van der Waals surface area contributed by atoms with Crippen LogP contribution in [0.2, 0.25) is 5.28 Å². The van der Waals surface area contributed by atoms with Gasteiger partial charge in [-0.3, -0.25) is 4.79 Å². The Morgan fingerprint density at radius 3 is 2.77 bits per heavy atom. The molecule has 2 rings (SSSR count). The van der Waals surface area contributed by atoms with Crippen LogP contribution >= 0.6 is 11.6 Å². The first-order valence-corrected chi connectivity index (χ1v) is 4.25. The maximum Gasteiger partial charge on any atom is 0.315 e. The fourth-order valence-electron chi connectivity index (χ4n) is 1.31. The fraction of sp³-hybridized carbons (Fsp3) is 0.375. The highest BCUT2D eigenvalue weighted by Gasteiger charge is 2.53. The van der Waals surface area contributed by atoms with Crippen molar-refractivity contribution < 1.29 is 9.90 Å². The van der Waals surface area contributed by atoms with Gasteiger partial charge in [-0.25, -0.2) is 9.97 Å². The van der Waals surface area contributed by atoms with E-state index in [1.807, 2.05) is 0 Å². The molecular weight excluding hydrogens is 192 g/mol. The highest BCUT2D eigenvalue weighted by Crippen LogP contribution is 2.47. The summed E-state index contributed by atoms with van der Waals surface area (Å²) in [4.78, 5) is 18.5. The van der Waals surface area contributed by atoms with E-state index in [9.17, 15) is 4.79 Å². The van der Waals surface area contributed by atoms with Gasteiger partial charge in [0.1, 0.15) is 5.41 Å². The molecule has 1 aliphatic carbocycles. The summed E-state index contributed by atoms with van der Waals surface area (Å²) in [5, 5.41) is 9.05. The Hall–Kier alpha value is -1.16. The van der Waals surface area contributed by atoms with Crippen LogP contribution in [0.5, 0.6) is 0 Å². The third-order valence-electron chi connectivity index (χ3n) is 2.28. The number of nitrogens with zero attached hydrogens (tertiary/aromatic N) is 2. The lowest BCUT2D eigenvalue weighted by atomic mass is 10.0. The summed E-state index contributed by atoms with van der Waals surface area (Å²) in [6.45, 7) is 0. The fourth-order valence-corrected chi connectivity index (χ4v) is 1.45. The SMILES string of the molecule is O=C(O)C1(c2ccnc(Cl)n2)CC1. The number of hydrogen-bond donors (Lipinski definition) is 1. The largest absolute Gasteiger partial charge is 0.481 e. The van der Waals surface area contributed by atoms with E-state index in [0.717, 1.165) is 0 Å². The van der Waals surface area contributed by atoms with Crippen LogP contribution in [0.1, 0.15) is 18.5 Å². The van der Waals surface area contributed by atoms with Crippen LogP contribution in [0.3, 0.4) is 0 Å². The maximum atomic E-state index is 10.9. The lowest BCUT2D eigenvalue weighted by Gasteiger charge is -2.07. The Balaban J connectivity index is 2.41. The molecule has 0 amide bonds. The Morgan fingerprint density at radius 1 is 1.62 bits per heavy atom. The number of carboxylic acid groups (broad SMARTS) is 1. The number of hydrogen-bond acceptors (Lipinski definition) is 3. The second-order valence-electron chi connectivity index (χ2n) is 3.10. The number of carboxylic acids is 1. The molecule has 1 fully saturated rings. The van der Waals surface area contributed by atoms with E-state index in [1.165, 1.54) is 6.20 Å². The van der Waals surface area contributed by atoms with Crippen molar-refractivity contribution in [1.29, 1.82) is 0 Å². The van der Waals surface area contributed by atoms with Gasteiger partial charge < -0.3 is 5.11 Å². The average Bonchev–Trinajstić information content (AvgIpc) is 2.83. The summed E-state index contributed by atoms with van der Waals surface area (Å²) >= 11 is 5.57. The topological polar surface area (TPSA) is 63.1 Å². The molecule has 1 N–H and O–H groups in total. The molecule has 13 heavy (non-hydrogen) atoms. The van der Waals surface area contributed by atoms with Gasteiger partial charge >= 0.3 is 5.97 Å². The number of carbonyl (C=O) groups is 1. The Bertz CT molecular complexity index is 363. The van der Waals surface area contributed by atoms with Crippen molar-refractivity contribution in [2.24, 2.45) is 0 Å². The molecule has 0 radical (unpaired) electrons. The van der Waals surface area contributed by atoms with E-state index in [0.29, 0.717) is 18.5 Å². The van der Waals surface area contributed by atoms with Crippen LogP contribution in [0.4, 0.5) is 0 Å². The van der Waals surface area contributed by atoms with E-state index >= 15 is 0 Å². The molecule has 0 unspecified atom stereocenters. The summed E-state index contributed by atoms with van der Waals surface area (Å²) in [5.41, 5.74) is -0.271. The molecule has 0 atom stereocenters. The van der Waals surface area contributed by atoms with Gasteiger partial charge in [-0.05, 0) is 30.5 Å². The maximum absolute atomic E-state index is 10.9. The molecule has 0 aliphatic heterocycles. The minimum Gasteiger partial charge on any atom is -0.481 e. The molecule has 1 aromatic heterocycles. The van der Waals surface area contributed by atoms with Gasteiger partial charge in [0.25, 0.3) is 0 Å². The zero-order valence-corrected chi connectivity index (χ0v) is 7.45. The summed E-state index contributed by atoms with van der Waals surface area (Å²) in [6.07, 6.45) is 2.75. The zero-order chi connectivity index (χ0) is 9.47. The zero-order valence-electron chi connectivity index (χ0n) is 6.70. The molecule has 68 valence electrons. The van der Waals surface area contributed by atoms with Crippen molar-refractivity contribution in [1.82, 2.24) is 9.97 Å². The molecule has 0 bridgehead atoms. The minimum atomic E-state index is -0.831. The van der Waals surface area contributed by atoms with Gasteiger partial charge in [0.15, 0.2) is 0 Å². The molecule has 1 heterocycles. The standard InChI is InChI=1S/C8H7ClN2O2/c9-7-10-4-1-5(11-7)8(2-3-8)6(12)13/h1,4H,2-3H2,(H,12,13). The van der Waals surface area contributed by atoms with E-state index < -0.39 is 11.4 Å². The number of aliphatic carboxylic acids is 1. The van der Waals surface area contributed by atoms with Crippen molar-refractivity contribution in [3.8, 4) is 0 Å². The van der Waals surface area contributed by atoms with E-state index in [-0.39, 0.29) is 5.28 Å². The second kappa shape index (κ2) is 2.67. The molecule has 1 aliphatic rings. The molecule has 5 heteroatoms. The summed E-state index contributed by atoms with van der Waals surface area (Å²) < 4.78 is 0. The predicted octanol–water partition coefficient (Wildman–Crippen LogP) is 1.25. The van der Waals surface area contributed by atoms with Crippen molar-refractivity contribution in [2.75, 3.05) is 0 Å². The van der Waals surface area contributed by atoms with Crippen LogP contribution < -0.4 is 0 Å². The molecule has 0 spiro atoms. The lowest BCUT2D eigenvalue weighted by Crippen LogP contribution is -2.21. The number of halogens is 1. The first kappa shape index (κ1) is 8.44. The van der Waals surface area contributed by atoms with Gasteiger partial charge in [-0.15, -0.1) is 0 Å². The monoisotopic (exact) mass is 198 g/mol. The van der Waals surface area contributed by atoms with E-state index in [2.05, 4.69) is 9.97 Å². The highest BCUT2D eigenvalue weighted by molar-refractivity contribution is 6.28. The van der Waals surface area contributed by atoms with Crippen molar-refractivity contribution in [3.05, 3.63) is 23.2 Å². The number of rotatable bonds is 2. The third-order valence-corrected chi connectivity index (χ3v) is 2.46. The Morgan fingerprint density at radius 2 is 2.31 bits per heavy atom. The molecule has 1 saturated carbocycles. The highest BCUT2D eigenvalue weighted by atomic mass is 35.5. The van der Waals surface area contributed by atoms with Crippen LogP contribution in [0, 0.1) is 0 Å². The Labute approximate surface area is 79.6 Å². The summed E-state index contributed by atoms with van der Waals surface area (Å²) in [6, 6.07) is 1.60. The second-order valence-corrected chi connectivity index (χ2v) is 3.44. The Kier molecular flexibility index (Phi) is 1.73. The predicted molar refractivity (Wildman–Crippen MR) is 45.6 cm³/mol. The van der Waals surface area contributed by atoms with Gasteiger partial charge in [0, 0.05) is 6.20 Å². The third kappa shape index (κ3) is 1.27. The van der Waals surface area contributed by atoms with Gasteiger partial charge in [0.05, 0.1) is 5.69 Å². The molecule has 1 aromatic rings. The van der Waals surface area contributed by atoms with Gasteiger partial charge in [-0.1, -0.05) is 0 Å².